The van der Waals surface area contributed by atoms with Crippen LogP contribution in [0.2, 0.25) is 0 Å². The second-order valence-electron chi connectivity index (χ2n) is 5.52. The fraction of sp³-hybridized carbons (Fsp3) is 0.600. The number of rotatable bonds is 5. The number of hydrogen-bond acceptors (Lipinski definition) is 3. The molecule has 1 aliphatic rings. The molecule has 2 atom stereocenters. The molecule has 0 spiro atoms. The van der Waals surface area contributed by atoms with Gasteiger partial charge in [-0.15, -0.1) is 11.6 Å². The maximum absolute atomic E-state index is 12.4. The van der Waals surface area contributed by atoms with E-state index in [1.807, 2.05) is 0 Å². The molecular formula is C15H22ClNO3S. The van der Waals surface area contributed by atoms with Crippen molar-refractivity contribution in [3.8, 4) is 0 Å². The number of aryl methyl sites for hydroxylation is 1. The van der Waals surface area contributed by atoms with Gasteiger partial charge in [0.05, 0.1) is 11.0 Å². The van der Waals surface area contributed by atoms with Gasteiger partial charge in [0.2, 0.25) is 10.0 Å². The van der Waals surface area contributed by atoms with E-state index in [4.69, 9.17) is 11.6 Å². The number of aliphatic hydroxyl groups excluding tert-OH is 1. The van der Waals surface area contributed by atoms with Crippen LogP contribution in [-0.2, 0) is 16.4 Å². The third-order valence-corrected chi connectivity index (χ3v) is 5.60. The van der Waals surface area contributed by atoms with Crippen molar-refractivity contribution in [1.29, 1.82) is 0 Å². The summed E-state index contributed by atoms with van der Waals surface area (Å²) in [6.07, 6.45) is 4.40. The molecule has 2 rings (SSSR count). The number of hydrogen-bond donors (Lipinski definition) is 2. The summed E-state index contributed by atoms with van der Waals surface area (Å²) in [7, 11) is -3.58. The van der Waals surface area contributed by atoms with Crippen LogP contribution in [-0.4, -0.2) is 31.6 Å². The highest BCUT2D eigenvalue weighted by molar-refractivity contribution is 7.89. The minimum absolute atomic E-state index is 0.234. The fourth-order valence-electron chi connectivity index (χ4n) is 2.64. The number of benzene rings is 1. The molecule has 0 bridgehead atoms. The third-order valence-electron chi connectivity index (χ3n) is 3.90. The van der Waals surface area contributed by atoms with Crippen LogP contribution in [0.3, 0.4) is 0 Å². The van der Waals surface area contributed by atoms with E-state index < -0.39 is 16.1 Å². The number of nitrogens with one attached hydrogen (secondary N) is 1. The van der Waals surface area contributed by atoms with Gasteiger partial charge in [-0.3, -0.25) is 0 Å². The topological polar surface area (TPSA) is 66.4 Å². The molecule has 0 saturated heterocycles. The van der Waals surface area contributed by atoms with Gasteiger partial charge in [-0.2, -0.15) is 0 Å². The van der Waals surface area contributed by atoms with E-state index in [0.29, 0.717) is 18.7 Å². The molecule has 1 aliphatic carbocycles. The minimum atomic E-state index is -3.58. The first-order valence-corrected chi connectivity index (χ1v) is 9.40. The van der Waals surface area contributed by atoms with Crippen molar-refractivity contribution >= 4 is 21.6 Å². The van der Waals surface area contributed by atoms with Crippen LogP contribution in [0, 0.1) is 0 Å². The largest absolute Gasteiger partial charge is 0.391 e. The Morgan fingerprint density at radius 3 is 2.48 bits per heavy atom. The first-order valence-electron chi connectivity index (χ1n) is 7.38. The van der Waals surface area contributed by atoms with Crippen molar-refractivity contribution in [3.63, 3.8) is 0 Å². The second-order valence-corrected chi connectivity index (χ2v) is 7.61. The lowest BCUT2D eigenvalue weighted by molar-refractivity contribution is 0.130. The monoisotopic (exact) mass is 331 g/mol. The van der Waals surface area contributed by atoms with Crippen molar-refractivity contribution in [1.82, 2.24) is 4.72 Å². The van der Waals surface area contributed by atoms with Crippen molar-refractivity contribution < 1.29 is 13.5 Å². The van der Waals surface area contributed by atoms with Crippen molar-refractivity contribution in [3.05, 3.63) is 29.8 Å². The molecule has 1 aromatic rings. The third kappa shape index (κ3) is 4.68. The number of alkyl halides is 1. The Bertz CT molecular complexity index is 545. The van der Waals surface area contributed by atoms with Gasteiger partial charge in [-0.25, -0.2) is 13.1 Å². The summed E-state index contributed by atoms with van der Waals surface area (Å²) in [5, 5.41) is 10.0. The zero-order valence-corrected chi connectivity index (χ0v) is 13.5. The van der Waals surface area contributed by atoms with Gasteiger partial charge in [0.15, 0.2) is 0 Å². The van der Waals surface area contributed by atoms with Crippen LogP contribution in [0.15, 0.2) is 29.2 Å². The molecule has 2 unspecified atom stereocenters. The first kappa shape index (κ1) is 16.7. The molecular weight excluding hydrogens is 310 g/mol. The zero-order chi connectivity index (χ0) is 15.3. The van der Waals surface area contributed by atoms with Crippen molar-refractivity contribution in [2.45, 2.75) is 55.6 Å². The van der Waals surface area contributed by atoms with Crippen LogP contribution in [0.5, 0.6) is 0 Å². The summed E-state index contributed by atoms with van der Waals surface area (Å²) in [5.41, 5.74) is 1.01. The molecule has 1 aromatic carbocycles. The molecule has 118 valence electrons. The maximum Gasteiger partial charge on any atom is 0.240 e. The second kappa shape index (κ2) is 7.58. The smallest absolute Gasteiger partial charge is 0.240 e. The number of aliphatic hydroxyl groups is 1. The molecule has 21 heavy (non-hydrogen) atoms. The number of sulfonamides is 1. The van der Waals surface area contributed by atoms with E-state index in [0.717, 1.165) is 31.2 Å². The van der Waals surface area contributed by atoms with Crippen molar-refractivity contribution in [2.75, 3.05) is 5.88 Å². The maximum atomic E-state index is 12.4. The van der Waals surface area contributed by atoms with Crippen LogP contribution in [0.1, 0.15) is 37.7 Å². The van der Waals surface area contributed by atoms with E-state index in [1.54, 1.807) is 24.3 Å². The molecule has 0 heterocycles. The summed E-state index contributed by atoms with van der Waals surface area (Å²) in [6.45, 7) is 0. The van der Waals surface area contributed by atoms with Crippen LogP contribution in [0.25, 0.3) is 0 Å². The molecule has 0 amide bonds. The first-order chi connectivity index (χ1) is 10.0. The normalized spacial score (nSPS) is 23.7. The van der Waals surface area contributed by atoms with Crippen LogP contribution >= 0.6 is 11.6 Å². The SMILES string of the molecule is O=S(=O)(NC1CCCCCC1O)c1ccc(CCCl)cc1. The van der Waals surface area contributed by atoms with Gasteiger partial charge < -0.3 is 5.11 Å². The highest BCUT2D eigenvalue weighted by Crippen LogP contribution is 2.20. The van der Waals surface area contributed by atoms with Gasteiger partial charge in [0.1, 0.15) is 0 Å². The summed E-state index contributed by atoms with van der Waals surface area (Å²) in [6, 6.07) is 6.35. The van der Waals surface area contributed by atoms with E-state index in [-0.39, 0.29) is 10.9 Å². The molecule has 1 fully saturated rings. The molecule has 4 nitrogen and oxygen atoms in total. The zero-order valence-electron chi connectivity index (χ0n) is 12.0. The molecule has 2 N–H and O–H groups in total. The lowest BCUT2D eigenvalue weighted by Crippen LogP contribution is -2.42. The quantitative estimate of drug-likeness (QED) is 0.643. The fourth-order valence-corrected chi connectivity index (χ4v) is 4.16. The predicted octanol–water partition coefficient (Wildman–Crippen LogP) is 2.44. The molecule has 1 saturated carbocycles. The predicted molar refractivity (Wildman–Crippen MR) is 84.1 cm³/mol. The summed E-state index contributed by atoms with van der Waals surface area (Å²) in [4.78, 5) is 0.234. The lowest BCUT2D eigenvalue weighted by Gasteiger charge is -2.21. The molecule has 6 heteroatoms. The Kier molecular flexibility index (Phi) is 6.05. The van der Waals surface area contributed by atoms with Gasteiger partial charge in [0.25, 0.3) is 0 Å². The van der Waals surface area contributed by atoms with E-state index in [9.17, 15) is 13.5 Å². The summed E-state index contributed by atoms with van der Waals surface area (Å²) >= 11 is 5.67. The van der Waals surface area contributed by atoms with E-state index in [1.165, 1.54) is 0 Å². The van der Waals surface area contributed by atoms with Gasteiger partial charge in [-0.05, 0) is 37.0 Å². The Hall–Kier alpha value is -0.620. The minimum Gasteiger partial charge on any atom is -0.391 e. The molecule has 0 aliphatic heterocycles. The molecule has 0 aromatic heterocycles. The Morgan fingerprint density at radius 2 is 1.81 bits per heavy atom. The average molecular weight is 332 g/mol. The van der Waals surface area contributed by atoms with Crippen molar-refractivity contribution in [2.24, 2.45) is 0 Å². The average Bonchev–Trinajstić information content (AvgIpc) is 2.65. The molecule has 0 radical (unpaired) electrons. The van der Waals surface area contributed by atoms with Gasteiger partial charge in [0, 0.05) is 11.9 Å². The van der Waals surface area contributed by atoms with Crippen LogP contribution < -0.4 is 4.72 Å². The lowest BCUT2D eigenvalue weighted by atomic mass is 10.1. The van der Waals surface area contributed by atoms with Gasteiger partial charge >= 0.3 is 0 Å². The Labute approximate surface area is 131 Å². The summed E-state index contributed by atoms with van der Waals surface area (Å²) < 4.78 is 27.4. The van der Waals surface area contributed by atoms with Gasteiger partial charge in [-0.1, -0.05) is 31.4 Å². The van der Waals surface area contributed by atoms with Crippen LogP contribution in [0.4, 0.5) is 0 Å². The summed E-state index contributed by atoms with van der Waals surface area (Å²) in [5.74, 6) is 0.513. The Balaban J connectivity index is 2.09. The highest BCUT2D eigenvalue weighted by Gasteiger charge is 2.26. The van der Waals surface area contributed by atoms with E-state index >= 15 is 0 Å². The highest BCUT2D eigenvalue weighted by atomic mass is 35.5. The number of halogens is 1. The standard InChI is InChI=1S/C15H22ClNO3S/c16-11-10-12-6-8-13(9-7-12)21(19,20)17-14-4-2-1-3-5-15(14)18/h6-9,14-15,17-18H,1-5,10-11H2. The Morgan fingerprint density at radius 1 is 1.14 bits per heavy atom. The van der Waals surface area contributed by atoms with E-state index in [2.05, 4.69) is 4.72 Å².